The second-order valence-electron chi connectivity index (χ2n) is 9.96. The smallest absolute Gasteiger partial charge is 0.409 e. The fraction of sp³-hybridized carbons (Fsp3) is 0.593. The van der Waals surface area contributed by atoms with Crippen LogP contribution in [0.3, 0.4) is 0 Å². The minimum absolute atomic E-state index is 0.0305. The predicted octanol–water partition coefficient (Wildman–Crippen LogP) is 7.34. The average Bonchev–Trinajstić information content (AvgIpc) is 3.03. The van der Waals surface area contributed by atoms with E-state index in [1.807, 2.05) is 12.1 Å². The van der Waals surface area contributed by atoms with Crippen molar-refractivity contribution in [1.29, 1.82) is 0 Å². The summed E-state index contributed by atoms with van der Waals surface area (Å²) in [6, 6.07) is 8.41. The van der Waals surface area contributed by atoms with Crippen molar-refractivity contribution in [2.45, 2.75) is 84.4 Å². The molecule has 1 N–H and O–H groups in total. The Morgan fingerprint density at radius 3 is 2.29 bits per heavy atom. The first kappa shape index (κ1) is 26.3. The number of rotatable bonds is 12. The molecule has 0 unspecified atom stereocenters. The van der Waals surface area contributed by atoms with Crippen molar-refractivity contribution in [2.24, 2.45) is 5.41 Å². The van der Waals surface area contributed by atoms with Crippen molar-refractivity contribution >= 4 is 16.7 Å². The largest absolute Gasteiger partial charge is 0.493 e. The van der Waals surface area contributed by atoms with E-state index in [1.165, 1.54) is 38.2 Å². The lowest BCUT2D eigenvalue weighted by atomic mass is 9.93. The number of benzene rings is 2. The van der Waals surface area contributed by atoms with Crippen LogP contribution in [0, 0.1) is 5.41 Å². The van der Waals surface area contributed by atoms with Crippen LogP contribution < -0.4 is 10.2 Å². The number of carbonyl (C=O) groups is 1. The maximum Gasteiger partial charge on any atom is 0.409 e. The second kappa shape index (κ2) is 11.4. The van der Waals surface area contributed by atoms with Gasteiger partial charge in [0.05, 0.1) is 12.0 Å². The van der Waals surface area contributed by atoms with E-state index in [4.69, 9.17) is 4.74 Å². The third kappa shape index (κ3) is 6.65. The molecule has 1 saturated heterocycles. The highest BCUT2D eigenvalue weighted by molar-refractivity contribution is 5.89. The van der Waals surface area contributed by atoms with Gasteiger partial charge in [0.2, 0.25) is 5.91 Å². The van der Waals surface area contributed by atoms with Crippen LogP contribution in [0.25, 0.3) is 10.8 Å². The van der Waals surface area contributed by atoms with Gasteiger partial charge in [-0.15, -0.1) is 0 Å². The molecule has 0 aliphatic carbocycles. The minimum Gasteiger partial charge on any atom is -0.493 e. The molecule has 188 valence electrons. The molecule has 0 aromatic heterocycles. The summed E-state index contributed by atoms with van der Waals surface area (Å²) in [5.41, 5.74) is 1.61. The first-order valence-corrected chi connectivity index (χ1v) is 12.4. The molecular formula is C27H37F3N2O2. The van der Waals surface area contributed by atoms with Crippen molar-refractivity contribution in [3.8, 4) is 5.75 Å². The normalized spacial score (nSPS) is 17.2. The van der Waals surface area contributed by atoms with Crippen LogP contribution in [-0.2, 0) is 4.79 Å². The van der Waals surface area contributed by atoms with E-state index in [-0.39, 0.29) is 12.1 Å². The van der Waals surface area contributed by atoms with E-state index < -0.39 is 23.5 Å². The molecule has 34 heavy (non-hydrogen) atoms. The Morgan fingerprint density at radius 1 is 1.03 bits per heavy atom. The van der Waals surface area contributed by atoms with Crippen LogP contribution in [0.1, 0.15) is 83.7 Å². The zero-order valence-corrected chi connectivity index (χ0v) is 20.5. The Balaban J connectivity index is 1.75. The highest BCUT2D eigenvalue weighted by Gasteiger charge is 2.51. The van der Waals surface area contributed by atoms with E-state index in [1.54, 1.807) is 32.0 Å². The quantitative estimate of drug-likeness (QED) is 0.325. The number of halogens is 3. The maximum absolute atomic E-state index is 14.2. The van der Waals surface area contributed by atoms with E-state index >= 15 is 0 Å². The topological polar surface area (TPSA) is 41.6 Å². The Hall–Kier alpha value is -2.28. The zero-order chi connectivity index (χ0) is 24.8. The van der Waals surface area contributed by atoms with Crippen LogP contribution >= 0.6 is 0 Å². The number of hydrogen-bond donors (Lipinski definition) is 1. The summed E-state index contributed by atoms with van der Waals surface area (Å²) in [6.45, 7) is 5.93. The van der Waals surface area contributed by atoms with Crippen molar-refractivity contribution < 1.29 is 22.7 Å². The van der Waals surface area contributed by atoms with Crippen molar-refractivity contribution in [1.82, 2.24) is 10.4 Å². The van der Waals surface area contributed by atoms with E-state index in [2.05, 4.69) is 12.3 Å². The minimum atomic E-state index is -4.56. The van der Waals surface area contributed by atoms with Gasteiger partial charge in [-0.05, 0) is 43.4 Å². The van der Waals surface area contributed by atoms with Gasteiger partial charge in [0.15, 0.2) is 0 Å². The number of nitrogens with one attached hydrogen (secondary N) is 1. The van der Waals surface area contributed by atoms with Crippen LogP contribution in [0.15, 0.2) is 36.4 Å². The Kier molecular flexibility index (Phi) is 8.85. The third-order valence-electron chi connectivity index (χ3n) is 6.46. The van der Waals surface area contributed by atoms with Crippen LogP contribution in [0.5, 0.6) is 5.75 Å². The summed E-state index contributed by atoms with van der Waals surface area (Å²) in [5, 5.41) is 2.48. The van der Waals surface area contributed by atoms with Gasteiger partial charge in [0.25, 0.3) is 0 Å². The lowest BCUT2D eigenvalue weighted by molar-refractivity contribution is -0.191. The number of fused-ring (bicyclic) bond motifs is 1. The van der Waals surface area contributed by atoms with Crippen molar-refractivity contribution in [3.05, 3.63) is 42.0 Å². The lowest BCUT2D eigenvalue weighted by Gasteiger charge is -2.30. The van der Waals surface area contributed by atoms with Crippen LogP contribution in [0.2, 0.25) is 0 Å². The standard InChI is InChI=1S/C27H37F3N2O2/c1-4-5-6-7-8-9-10-13-16-34-23-18-21(17-20-14-11-12-15-22(20)23)24(27(28,29)30)32-19-26(2,3)25(33)31-32/h11-12,14-15,17-18,24H,4-10,13,16,19H2,1-3H3,(H,31,33)/t24-/m0/s1. The van der Waals surface area contributed by atoms with Gasteiger partial charge in [0, 0.05) is 11.9 Å². The Morgan fingerprint density at radius 2 is 1.68 bits per heavy atom. The molecule has 0 radical (unpaired) electrons. The first-order chi connectivity index (χ1) is 16.1. The van der Waals surface area contributed by atoms with E-state index in [0.29, 0.717) is 17.7 Å². The number of amides is 1. The van der Waals surface area contributed by atoms with Crippen molar-refractivity contribution in [3.63, 3.8) is 0 Å². The molecule has 4 nitrogen and oxygen atoms in total. The van der Waals surface area contributed by atoms with Gasteiger partial charge in [-0.2, -0.15) is 13.2 Å². The summed E-state index contributed by atoms with van der Waals surface area (Å²) >= 11 is 0. The summed E-state index contributed by atoms with van der Waals surface area (Å²) in [4.78, 5) is 12.2. The van der Waals surface area contributed by atoms with E-state index in [9.17, 15) is 18.0 Å². The van der Waals surface area contributed by atoms with Gasteiger partial charge < -0.3 is 4.74 Å². The Labute approximate surface area is 200 Å². The summed E-state index contributed by atoms with van der Waals surface area (Å²) < 4.78 is 48.7. The maximum atomic E-state index is 14.2. The molecule has 3 rings (SSSR count). The SMILES string of the molecule is CCCCCCCCCCOc1cc([C@H](N2CC(C)(C)C(=O)N2)C(F)(F)F)cc2ccccc12. The number of alkyl halides is 3. The molecule has 1 amide bonds. The molecule has 1 heterocycles. The third-order valence-corrected chi connectivity index (χ3v) is 6.46. The van der Waals surface area contributed by atoms with Crippen molar-refractivity contribution in [2.75, 3.05) is 13.2 Å². The Bertz CT molecular complexity index is 959. The second-order valence-corrected chi connectivity index (χ2v) is 9.96. The molecule has 1 aliphatic heterocycles. The van der Waals surface area contributed by atoms with Crippen LogP contribution in [-0.4, -0.2) is 30.2 Å². The highest BCUT2D eigenvalue weighted by atomic mass is 19.4. The molecule has 0 bridgehead atoms. The van der Waals surface area contributed by atoms with Crippen LogP contribution in [0.4, 0.5) is 13.2 Å². The van der Waals surface area contributed by atoms with Gasteiger partial charge >= 0.3 is 6.18 Å². The molecule has 7 heteroatoms. The van der Waals surface area contributed by atoms with Gasteiger partial charge in [-0.3, -0.25) is 10.2 Å². The van der Waals surface area contributed by atoms with E-state index in [0.717, 1.165) is 29.7 Å². The summed E-state index contributed by atoms with van der Waals surface area (Å²) in [7, 11) is 0. The molecule has 1 aliphatic rings. The molecular weight excluding hydrogens is 441 g/mol. The lowest BCUT2D eigenvalue weighted by Crippen LogP contribution is -2.43. The molecule has 0 spiro atoms. The average molecular weight is 479 g/mol. The fourth-order valence-electron chi connectivity index (χ4n) is 4.51. The monoisotopic (exact) mass is 478 g/mol. The van der Waals surface area contributed by atoms with Gasteiger partial charge in [-0.25, -0.2) is 5.01 Å². The summed E-state index contributed by atoms with van der Waals surface area (Å²) in [5.74, 6) is 0.0452. The fourth-order valence-corrected chi connectivity index (χ4v) is 4.51. The predicted molar refractivity (Wildman–Crippen MR) is 129 cm³/mol. The number of hydrogen-bond acceptors (Lipinski definition) is 3. The molecule has 2 aromatic carbocycles. The van der Waals surface area contributed by atoms with Gasteiger partial charge in [0.1, 0.15) is 11.8 Å². The summed E-state index contributed by atoms with van der Waals surface area (Å²) in [6.07, 6.45) is 4.76. The molecule has 1 atom stereocenters. The molecule has 0 saturated carbocycles. The number of carbonyl (C=O) groups excluding carboxylic acids is 1. The molecule has 2 aromatic rings. The molecule has 1 fully saturated rings. The first-order valence-electron chi connectivity index (χ1n) is 12.4. The number of unbranched alkanes of at least 4 members (excludes halogenated alkanes) is 7. The highest BCUT2D eigenvalue weighted by Crippen LogP contribution is 2.43. The zero-order valence-electron chi connectivity index (χ0n) is 20.5. The van der Waals surface area contributed by atoms with Gasteiger partial charge in [-0.1, -0.05) is 76.1 Å². The number of ether oxygens (including phenoxy) is 1. The number of nitrogens with zero attached hydrogens (tertiary/aromatic N) is 1. The number of hydrazine groups is 1.